The van der Waals surface area contributed by atoms with Crippen molar-refractivity contribution in [1.29, 1.82) is 0 Å². The predicted molar refractivity (Wildman–Crippen MR) is 169 cm³/mol. The molecule has 4 N–H and O–H groups in total. The van der Waals surface area contributed by atoms with E-state index in [2.05, 4.69) is 26.1 Å². The van der Waals surface area contributed by atoms with E-state index in [4.69, 9.17) is 23.4 Å². The second-order valence-electron chi connectivity index (χ2n) is 12.9. The van der Waals surface area contributed by atoms with Crippen LogP contribution >= 0.6 is 0 Å². The molecule has 1 unspecified atom stereocenters. The first kappa shape index (κ1) is 31.4. The Labute approximate surface area is 275 Å². The lowest BCUT2D eigenvalue weighted by Crippen LogP contribution is -2.52. The van der Waals surface area contributed by atoms with Gasteiger partial charge in [0.25, 0.3) is 11.7 Å². The van der Waals surface area contributed by atoms with Crippen LogP contribution in [0.2, 0.25) is 0 Å². The van der Waals surface area contributed by atoms with Crippen molar-refractivity contribution >= 4 is 23.5 Å². The van der Waals surface area contributed by atoms with Gasteiger partial charge >= 0.3 is 5.97 Å². The lowest BCUT2D eigenvalue weighted by molar-refractivity contribution is -0.135. The molecule has 2 aromatic carbocycles. The summed E-state index contributed by atoms with van der Waals surface area (Å²) >= 11 is 0. The third-order valence-corrected chi connectivity index (χ3v) is 9.04. The van der Waals surface area contributed by atoms with Crippen molar-refractivity contribution in [2.45, 2.75) is 70.9 Å². The van der Waals surface area contributed by atoms with E-state index in [-0.39, 0.29) is 48.2 Å². The molecule has 1 spiro atoms. The number of hydrogen-bond acceptors (Lipinski definition) is 12. The summed E-state index contributed by atoms with van der Waals surface area (Å²) in [6.07, 6.45) is -1.86. The predicted octanol–water partition coefficient (Wildman–Crippen LogP) is 3.25. The lowest BCUT2D eigenvalue weighted by Gasteiger charge is -2.29. The number of hydrogen-bond donors (Lipinski definition) is 4. The smallest absolute Gasteiger partial charge is 0.379 e. The van der Waals surface area contributed by atoms with Crippen molar-refractivity contribution < 1.29 is 37.9 Å². The second kappa shape index (κ2) is 11.8. The molecule has 0 saturated heterocycles. The topological polar surface area (TPSA) is 191 Å². The Morgan fingerprint density at radius 2 is 1.90 bits per heavy atom. The monoisotopic (exact) mass is 656 g/mol. The van der Waals surface area contributed by atoms with Gasteiger partial charge in [0.1, 0.15) is 29.4 Å². The molecule has 0 radical (unpaired) electrons. The Hall–Kier alpha value is -5.24. The summed E-state index contributed by atoms with van der Waals surface area (Å²) in [7, 11) is 0. The maximum Gasteiger partial charge on any atom is 0.379 e. The van der Waals surface area contributed by atoms with Gasteiger partial charge in [0, 0.05) is 17.7 Å². The molecule has 3 aliphatic rings. The Morgan fingerprint density at radius 3 is 2.65 bits per heavy atom. The lowest BCUT2D eigenvalue weighted by atomic mass is 9.72. The number of nitrogens with zero attached hydrogens (tertiary/aromatic N) is 3. The van der Waals surface area contributed by atoms with Crippen LogP contribution in [-0.4, -0.2) is 63.0 Å². The van der Waals surface area contributed by atoms with Crippen LogP contribution in [0.1, 0.15) is 79.6 Å². The molecule has 0 saturated carbocycles. The molecule has 0 fully saturated rings. The molecule has 7 rings (SSSR count). The SMILES string of the molecule is CCOC(=O)c1noc(-c2nc3oc2C24c5ccccc5N[C@H]2Oc2ccc(cc24)C[C@H](NC(=O)[C@@H](O)C(C)C)C(=O)N[C@H]3C(C)C)n1. The number of para-hydroxylation sites is 1. The first-order valence-electron chi connectivity index (χ1n) is 16.0. The van der Waals surface area contributed by atoms with Crippen molar-refractivity contribution in [3.05, 3.63) is 76.6 Å². The van der Waals surface area contributed by atoms with Gasteiger partial charge < -0.3 is 39.5 Å². The van der Waals surface area contributed by atoms with Crippen molar-refractivity contribution in [2.24, 2.45) is 11.8 Å². The molecular formula is C34H36N6O8. The zero-order chi connectivity index (χ0) is 33.9. The highest BCUT2D eigenvalue weighted by Gasteiger charge is 2.61. The number of amides is 2. The van der Waals surface area contributed by atoms with E-state index in [0.717, 1.165) is 22.4 Å². The average Bonchev–Trinajstić information content (AvgIpc) is 3.83. The van der Waals surface area contributed by atoms with Gasteiger partial charge in [0.2, 0.25) is 17.7 Å². The molecule has 4 aromatic rings. The van der Waals surface area contributed by atoms with Crippen LogP contribution in [0, 0.1) is 11.8 Å². The number of aliphatic hydroxyl groups excluding tert-OH is 1. The fourth-order valence-corrected chi connectivity index (χ4v) is 6.61. The van der Waals surface area contributed by atoms with Crippen molar-refractivity contribution in [2.75, 3.05) is 11.9 Å². The maximum absolute atomic E-state index is 14.0. The van der Waals surface area contributed by atoms with Crippen LogP contribution < -0.4 is 20.7 Å². The first-order valence-corrected chi connectivity index (χ1v) is 16.0. The Kier molecular flexibility index (Phi) is 7.69. The fraction of sp³-hybridized carbons (Fsp3) is 0.412. The van der Waals surface area contributed by atoms with E-state index in [1.165, 1.54) is 0 Å². The third kappa shape index (κ3) is 4.89. The van der Waals surface area contributed by atoms with Gasteiger partial charge in [0.05, 0.1) is 6.61 Å². The van der Waals surface area contributed by atoms with Gasteiger partial charge in [-0.2, -0.15) is 4.98 Å². The van der Waals surface area contributed by atoms with Crippen LogP contribution in [0.25, 0.3) is 11.6 Å². The summed E-state index contributed by atoms with van der Waals surface area (Å²) in [5.74, 6) is -1.80. The fourth-order valence-electron chi connectivity index (χ4n) is 6.61. The first-order chi connectivity index (χ1) is 23.0. The minimum absolute atomic E-state index is 0.0818. The van der Waals surface area contributed by atoms with Crippen LogP contribution in [0.15, 0.2) is 51.4 Å². The minimum atomic E-state index is -1.30. The number of esters is 1. The zero-order valence-corrected chi connectivity index (χ0v) is 27.1. The Bertz CT molecular complexity index is 1920. The highest BCUT2D eigenvalue weighted by molar-refractivity contribution is 5.90. The molecule has 3 aliphatic heterocycles. The molecule has 2 amide bonds. The number of carbonyl (C=O) groups excluding carboxylic acids is 3. The molecule has 14 nitrogen and oxygen atoms in total. The zero-order valence-electron chi connectivity index (χ0n) is 27.1. The highest BCUT2D eigenvalue weighted by Crippen LogP contribution is 2.59. The Balaban J connectivity index is 1.46. The normalized spacial score (nSPS) is 22.8. The molecule has 0 aliphatic carbocycles. The van der Waals surface area contributed by atoms with Crippen LogP contribution in [-0.2, 0) is 26.2 Å². The molecule has 5 heterocycles. The van der Waals surface area contributed by atoms with Gasteiger partial charge in [0.15, 0.2) is 17.7 Å². The molecule has 14 heteroatoms. The molecule has 250 valence electrons. The molecule has 48 heavy (non-hydrogen) atoms. The summed E-state index contributed by atoms with van der Waals surface area (Å²) in [5, 5.41) is 23.6. The van der Waals surface area contributed by atoms with Crippen molar-refractivity contribution in [1.82, 2.24) is 25.8 Å². The molecular weight excluding hydrogens is 620 g/mol. The number of aromatic nitrogens is 3. The Morgan fingerprint density at radius 1 is 1.10 bits per heavy atom. The second-order valence-corrected chi connectivity index (χ2v) is 12.9. The van der Waals surface area contributed by atoms with E-state index in [0.29, 0.717) is 11.5 Å². The summed E-state index contributed by atoms with van der Waals surface area (Å²) in [6.45, 7) is 9.04. The van der Waals surface area contributed by atoms with E-state index in [1.54, 1.807) is 20.8 Å². The summed E-state index contributed by atoms with van der Waals surface area (Å²) < 4.78 is 24.0. The van der Waals surface area contributed by atoms with Gasteiger partial charge in [-0.25, -0.2) is 9.78 Å². The maximum atomic E-state index is 14.0. The number of nitrogens with one attached hydrogen (secondary N) is 3. The van der Waals surface area contributed by atoms with Gasteiger partial charge in [-0.15, -0.1) is 0 Å². The van der Waals surface area contributed by atoms with Crippen LogP contribution in [0.4, 0.5) is 5.69 Å². The number of ether oxygens (including phenoxy) is 2. The number of aliphatic hydroxyl groups is 1. The number of anilines is 1. The quantitative estimate of drug-likeness (QED) is 0.213. The van der Waals surface area contributed by atoms with Gasteiger partial charge in [-0.1, -0.05) is 58.0 Å². The van der Waals surface area contributed by atoms with Crippen LogP contribution in [0.3, 0.4) is 0 Å². The standard InChI is InChI=1S/C34H36N6O8/c1-6-45-32(44)27-39-31(48-40-27)24-26-34-18-9-7-8-10-20(18)36-33(34)46-22-12-11-17(13-19(22)34)14-21(35-29(43)25(41)16(4)5)28(42)37-23(15(2)3)30(38-24)47-26/h7-13,15-16,21,23,25,33,36,41H,6,14H2,1-5H3,(H,35,43)(H,37,42)/t21-,23-,25-,33-,34?/m0/s1. The number of oxazole rings is 1. The molecule has 4 bridgehead atoms. The van der Waals surface area contributed by atoms with Gasteiger partial charge in [-0.3, -0.25) is 9.59 Å². The molecule has 2 aromatic heterocycles. The average molecular weight is 657 g/mol. The third-order valence-electron chi connectivity index (χ3n) is 9.04. The van der Waals surface area contributed by atoms with Crippen molar-refractivity contribution in [3.8, 4) is 17.3 Å². The van der Waals surface area contributed by atoms with E-state index < -0.39 is 47.6 Å². The number of rotatable bonds is 7. The highest BCUT2D eigenvalue weighted by atomic mass is 16.5. The van der Waals surface area contributed by atoms with Crippen molar-refractivity contribution in [3.63, 3.8) is 0 Å². The minimum Gasteiger partial charge on any atom is -0.469 e. The summed E-state index contributed by atoms with van der Waals surface area (Å²) in [5.41, 5.74) is 2.15. The van der Waals surface area contributed by atoms with E-state index in [1.807, 2.05) is 56.3 Å². The summed E-state index contributed by atoms with van der Waals surface area (Å²) in [6, 6.07) is 11.5. The number of carbonyl (C=O) groups is 3. The van der Waals surface area contributed by atoms with E-state index >= 15 is 0 Å². The summed E-state index contributed by atoms with van der Waals surface area (Å²) in [4.78, 5) is 48.7. The van der Waals surface area contributed by atoms with Crippen LogP contribution in [0.5, 0.6) is 5.75 Å². The van der Waals surface area contributed by atoms with E-state index in [9.17, 15) is 19.5 Å². The molecule has 5 atom stereocenters. The largest absolute Gasteiger partial charge is 0.469 e. The number of fused-ring (bicyclic) bond motifs is 4. The number of benzene rings is 2. The van der Waals surface area contributed by atoms with Gasteiger partial charge in [-0.05, 0) is 47.2 Å².